The van der Waals surface area contributed by atoms with Crippen LogP contribution < -0.4 is 10.5 Å². The molecule has 1 rings (SSSR count). The van der Waals surface area contributed by atoms with E-state index in [0.29, 0.717) is 11.3 Å². The third-order valence-electron chi connectivity index (χ3n) is 2.06. The highest BCUT2D eigenvalue weighted by molar-refractivity contribution is 5.99. The van der Waals surface area contributed by atoms with Gasteiger partial charge in [-0.05, 0) is 24.1 Å². The van der Waals surface area contributed by atoms with E-state index in [1.807, 2.05) is 25.1 Å². The van der Waals surface area contributed by atoms with Crippen LogP contribution in [0.5, 0.6) is 5.75 Å². The molecule has 0 aromatic heterocycles. The van der Waals surface area contributed by atoms with Crippen LogP contribution >= 0.6 is 0 Å². The van der Waals surface area contributed by atoms with E-state index in [1.165, 1.54) is 0 Å². The summed E-state index contributed by atoms with van der Waals surface area (Å²) in [5, 5.41) is 11.5. The van der Waals surface area contributed by atoms with Gasteiger partial charge in [-0.1, -0.05) is 18.1 Å². The van der Waals surface area contributed by atoms with Gasteiger partial charge in [0, 0.05) is 0 Å². The summed E-state index contributed by atoms with van der Waals surface area (Å²) < 4.78 is 5.10. The smallest absolute Gasteiger partial charge is 0.173 e. The Bertz CT molecular complexity index is 348. The van der Waals surface area contributed by atoms with Gasteiger partial charge in [-0.3, -0.25) is 0 Å². The topological polar surface area (TPSA) is 67.8 Å². The van der Waals surface area contributed by atoms with Crippen molar-refractivity contribution in [3.63, 3.8) is 0 Å². The Morgan fingerprint density at radius 3 is 2.79 bits per heavy atom. The highest BCUT2D eigenvalue weighted by Gasteiger charge is 2.07. The zero-order valence-corrected chi connectivity index (χ0v) is 8.32. The average Bonchev–Trinajstić information content (AvgIpc) is 2.27. The number of hydrogen-bond donors (Lipinski definition) is 2. The van der Waals surface area contributed by atoms with E-state index in [-0.39, 0.29) is 5.84 Å². The van der Waals surface area contributed by atoms with Crippen molar-refractivity contribution in [3.8, 4) is 5.75 Å². The van der Waals surface area contributed by atoms with Gasteiger partial charge < -0.3 is 15.7 Å². The Morgan fingerprint density at radius 2 is 2.29 bits per heavy atom. The molecule has 4 nitrogen and oxygen atoms in total. The molecule has 4 heteroatoms. The number of ether oxygens (including phenoxy) is 1. The number of hydrogen-bond acceptors (Lipinski definition) is 3. The van der Waals surface area contributed by atoms with Crippen LogP contribution in [0.3, 0.4) is 0 Å². The van der Waals surface area contributed by atoms with Crippen LogP contribution in [-0.4, -0.2) is 18.2 Å². The van der Waals surface area contributed by atoms with Crippen LogP contribution in [0.25, 0.3) is 0 Å². The molecule has 0 aliphatic rings. The summed E-state index contributed by atoms with van der Waals surface area (Å²) in [5.74, 6) is 0.676. The van der Waals surface area contributed by atoms with Gasteiger partial charge in [0.1, 0.15) is 5.75 Å². The second-order valence-electron chi connectivity index (χ2n) is 2.87. The molecule has 0 amide bonds. The largest absolute Gasteiger partial charge is 0.496 e. The first-order chi connectivity index (χ1) is 6.72. The number of rotatable bonds is 3. The van der Waals surface area contributed by atoms with Crippen LogP contribution in [0.1, 0.15) is 18.1 Å². The molecule has 0 saturated heterocycles. The van der Waals surface area contributed by atoms with Crippen LogP contribution in [0, 0.1) is 0 Å². The molecule has 0 saturated carbocycles. The van der Waals surface area contributed by atoms with Crippen LogP contribution in [-0.2, 0) is 6.42 Å². The van der Waals surface area contributed by atoms with E-state index < -0.39 is 0 Å². The third-order valence-corrected chi connectivity index (χ3v) is 2.06. The van der Waals surface area contributed by atoms with Crippen molar-refractivity contribution in [1.82, 2.24) is 0 Å². The first-order valence-electron chi connectivity index (χ1n) is 4.37. The molecule has 0 spiro atoms. The minimum absolute atomic E-state index is 0.0668. The number of methoxy groups -OCH3 is 1. The Morgan fingerprint density at radius 1 is 1.57 bits per heavy atom. The lowest BCUT2D eigenvalue weighted by Gasteiger charge is -2.08. The fourth-order valence-corrected chi connectivity index (χ4v) is 1.23. The van der Waals surface area contributed by atoms with Crippen LogP contribution in [0.4, 0.5) is 0 Å². The second-order valence-corrected chi connectivity index (χ2v) is 2.87. The van der Waals surface area contributed by atoms with Crippen molar-refractivity contribution in [2.45, 2.75) is 13.3 Å². The average molecular weight is 194 g/mol. The van der Waals surface area contributed by atoms with Crippen LogP contribution in [0.2, 0.25) is 0 Å². The predicted molar refractivity (Wildman–Crippen MR) is 54.9 cm³/mol. The lowest BCUT2D eigenvalue weighted by Crippen LogP contribution is -2.14. The molecule has 0 radical (unpaired) electrons. The zero-order chi connectivity index (χ0) is 10.6. The monoisotopic (exact) mass is 194 g/mol. The Kier molecular flexibility index (Phi) is 3.34. The molecule has 1 aromatic carbocycles. The lowest BCUT2D eigenvalue weighted by molar-refractivity contribution is 0.318. The second kappa shape index (κ2) is 4.50. The van der Waals surface area contributed by atoms with Gasteiger partial charge in [-0.15, -0.1) is 0 Å². The molecule has 76 valence electrons. The number of benzene rings is 1. The van der Waals surface area contributed by atoms with Crippen molar-refractivity contribution >= 4 is 5.84 Å². The molecule has 0 heterocycles. The molecule has 0 bridgehead atoms. The molecule has 0 atom stereocenters. The van der Waals surface area contributed by atoms with Gasteiger partial charge >= 0.3 is 0 Å². The molecular weight excluding hydrogens is 180 g/mol. The molecule has 1 aromatic rings. The first kappa shape index (κ1) is 10.4. The number of amidine groups is 1. The molecule has 14 heavy (non-hydrogen) atoms. The predicted octanol–water partition coefficient (Wildman–Crippen LogP) is 1.35. The summed E-state index contributed by atoms with van der Waals surface area (Å²) in [6.07, 6.45) is 0.899. The van der Waals surface area contributed by atoms with Crippen molar-refractivity contribution < 1.29 is 9.94 Å². The van der Waals surface area contributed by atoms with E-state index in [4.69, 9.17) is 15.7 Å². The van der Waals surface area contributed by atoms with Crippen molar-refractivity contribution in [2.24, 2.45) is 10.9 Å². The maximum Gasteiger partial charge on any atom is 0.173 e. The highest BCUT2D eigenvalue weighted by atomic mass is 16.5. The molecule has 0 aliphatic carbocycles. The van der Waals surface area contributed by atoms with Gasteiger partial charge in [-0.25, -0.2) is 0 Å². The minimum Gasteiger partial charge on any atom is -0.496 e. The Hall–Kier alpha value is -1.71. The van der Waals surface area contributed by atoms with E-state index in [0.717, 1.165) is 12.0 Å². The van der Waals surface area contributed by atoms with Crippen molar-refractivity contribution in [1.29, 1.82) is 0 Å². The summed E-state index contributed by atoms with van der Waals surface area (Å²) in [7, 11) is 1.55. The van der Waals surface area contributed by atoms with Crippen molar-refractivity contribution in [2.75, 3.05) is 7.11 Å². The van der Waals surface area contributed by atoms with Crippen molar-refractivity contribution in [3.05, 3.63) is 29.3 Å². The van der Waals surface area contributed by atoms with Gasteiger partial charge in [0.05, 0.1) is 12.7 Å². The summed E-state index contributed by atoms with van der Waals surface area (Å²) in [5.41, 5.74) is 7.25. The Balaban J connectivity index is 3.21. The lowest BCUT2D eigenvalue weighted by atomic mass is 10.1. The minimum atomic E-state index is 0.0668. The fraction of sp³-hybridized carbons (Fsp3) is 0.300. The number of nitrogens with two attached hydrogens (primary N) is 1. The summed E-state index contributed by atoms with van der Waals surface area (Å²) >= 11 is 0. The highest BCUT2D eigenvalue weighted by Crippen LogP contribution is 2.19. The molecule has 0 fully saturated rings. The number of aryl methyl sites for hydroxylation is 1. The van der Waals surface area contributed by atoms with Gasteiger partial charge in [0.15, 0.2) is 5.84 Å². The van der Waals surface area contributed by atoms with Crippen LogP contribution in [0.15, 0.2) is 23.4 Å². The maximum atomic E-state index is 8.58. The standard InChI is InChI=1S/C10H14N2O2/c1-3-7-4-5-9(14-2)8(6-7)10(11)12-13/h4-6,13H,3H2,1-2H3,(H2,11,12). The summed E-state index contributed by atoms with van der Waals surface area (Å²) in [6, 6.07) is 5.62. The number of oxime groups is 1. The normalized spacial score (nSPS) is 11.4. The van der Waals surface area contributed by atoms with Gasteiger partial charge in [0.2, 0.25) is 0 Å². The SMILES string of the molecule is CCc1ccc(OC)c(/C(N)=N/O)c1. The summed E-state index contributed by atoms with van der Waals surface area (Å²) in [4.78, 5) is 0. The molecule has 3 N–H and O–H groups in total. The summed E-state index contributed by atoms with van der Waals surface area (Å²) in [6.45, 7) is 2.04. The Labute approximate surface area is 83.0 Å². The first-order valence-corrected chi connectivity index (χ1v) is 4.37. The third kappa shape index (κ3) is 1.96. The van der Waals surface area contributed by atoms with Gasteiger partial charge in [0.25, 0.3) is 0 Å². The van der Waals surface area contributed by atoms with E-state index in [9.17, 15) is 0 Å². The van der Waals surface area contributed by atoms with E-state index >= 15 is 0 Å². The zero-order valence-electron chi connectivity index (χ0n) is 8.32. The van der Waals surface area contributed by atoms with E-state index in [1.54, 1.807) is 7.11 Å². The molecule has 0 aliphatic heterocycles. The fourth-order valence-electron chi connectivity index (χ4n) is 1.23. The quantitative estimate of drug-likeness (QED) is 0.330. The van der Waals surface area contributed by atoms with E-state index in [2.05, 4.69) is 5.16 Å². The maximum absolute atomic E-state index is 8.58. The molecular formula is C10H14N2O2. The molecule has 0 unspecified atom stereocenters. The van der Waals surface area contributed by atoms with Gasteiger partial charge in [-0.2, -0.15) is 0 Å². The number of nitrogens with zero attached hydrogens (tertiary/aromatic N) is 1.